The van der Waals surface area contributed by atoms with Crippen LogP contribution in [0, 0.1) is 0 Å². The van der Waals surface area contributed by atoms with Crippen molar-refractivity contribution < 1.29 is 38.5 Å². The van der Waals surface area contributed by atoms with Crippen LogP contribution in [0.2, 0.25) is 0 Å². The molecule has 0 rings (SSSR count). The van der Waals surface area contributed by atoms with Gasteiger partial charge in [0.2, 0.25) is 0 Å². The predicted octanol–water partition coefficient (Wildman–Crippen LogP) is -0.126. The van der Waals surface area contributed by atoms with E-state index >= 15 is 0 Å². The van der Waals surface area contributed by atoms with Gasteiger partial charge in [-0.25, -0.2) is 0 Å². The molecule has 0 aromatic rings. The summed E-state index contributed by atoms with van der Waals surface area (Å²) in [6.45, 7) is 0. The van der Waals surface area contributed by atoms with Crippen molar-refractivity contribution in [3.8, 4) is 0 Å². The maximum atomic E-state index is 0. The van der Waals surface area contributed by atoms with E-state index in [2.05, 4.69) is 0 Å². The fraction of sp³-hybridized carbons (Fsp3) is 0. The summed E-state index contributed by atoms with van der Waals surface area (Å²) in [4.78, 5) is 0. The van der Waals surface area contributed by atoms with Crippen molar-refractivity contribution in [1.29, 1.82) is 0 Å². The minimum absolute atomic E-state index is 0. The third kappa shape index (κ3) is 10.3. The molecule has 0 fully saturated rings. The van der Waals surface area contributed by atoms with Gasteiger partial charge in [0.15, 0.2) is 0 Å². The van der Waals surface area contributed by atoms with E-state index in [0.717, 1.165) is 0 Å². The van der Waals surface area contributed by atoms with E-state index in [-0.39, 0.29) is 52.0 Å². The van der Waals surface area contributed by atoms with Gasteiger partial charge >= 0.3 is 33.0 Å². The standard InChI is InChI=1S/2Ni.O.S/q2*+2;2*-2. The number of hydrogen-bond acceptors (Lipinski definition) is 0. The molecule has 0 N–H and O–H groups in total. The molecule has 0 spiro atoms. The summed E-state index contributed by atoms with van der Waals surface area (Å²) in [7, 11) is 0. The van der Waals surface area contributed by atoms with E-state index in [0.29, 0.717) is 0 Å². The monoisotopic (exact) mass is 164 g/mol. The van der Waals surface area contributed by atoms with Crippen LogP contribution in [0.5, 0.6) is 0 Å². The molecule has 0 saturated heterocycles. The Balaban J connectivity index is 0. The van der Waals surface area contributed by atoms with E-state index in [4.69, 9.17) is 0 Å². The van der Waals surface area contributed by atoms with Crippen LogP contribution < -0.4 is 0 Å². The number of rotatable bonds is 0. The molecule has 0 aliphatic rings. The van der Waals surface area contributed by atoms with Crippen molar-refractivity contribution in [2.24, 2.45) is 0 Å². The largest absolute Gasteiger partial charge is 2.00 e. The zero-order valence-electron chi connectivity index (χ0n) is 1.45. The van der Waals surface area contributed by atoms with E-state index < -0.39 is 0 Å². The SMILES string of the molecule is [Ni+2].[Ni+2].[O-2].[S-2]. The average Bonchev–Trinajstić information content (AvgIpc) is 0. The molecule has 4 heavy (non-hydrogen) atoms. The molecule has 0 saturated carbocycles. The smallest absolute Gasteiger partial charge is 2.00 e. The molecular formula is Ni2OS. The van der Waals surface area contributed by atoms with E-state index in [9.17, 15) is 0 Å². The maximum Gasteiger partial charge on any atom is 2.00 e. The molecule has 0 radical (unpaired) electrons. The van der Waals surface area contributed by atoms with Gasteiger partial charge in [0.05, 0.1) is 0 Å². The zero-order valence-corrected chi connectivity index (χ0v) is 4.24. The van der Waals surface area contributed by atoms with Crippen molar-refractivity contribution >= 4 is 13.5 Å². The molecule has 0 aromatic carbocycles. The molecule has 4 heteroatoms. The van der Waals surface area contributed by atoms with Gasteiger partial charge in [-0.05, 0) is 0 Å². The molecule has 0 amide bonds. The Morgan fingerprint density at radius 3 is 0.750 bits per heavy atom. The van der Waals surface area contributed by atoms with Crippen LogP contribution >= 0.6 is 0 Å². The Morgan fingerprint density at radius 1 is 0.750 bits per heavy atom. The first-order chi connectivity index (χ1) is 0. The zero-order chi connectivity index (χ0) is 0. The fourth-order valence-corrected chi connectivity index (χ4v) is 0. The van der Waals surface area contributed by atoms with E-state index in [1.54, 1.807) is 0 Å². The first kappa shape index (κ1) is 58.1. The van der Waals surface area contributed by atoms with Crippen molar-refractivity contribution in [3.63, 3.8) is 0 Å². The Labute approximate surface area is 52.1 Å². The topological polar surface area (TPSA) is 28.5 Å². The second kappa shape index (κ2) is 27.8. The average molecular weight is 165 g/mol. The van der Waals surface area contributed by atoms with Crippen LogP contribution in [0.1, 0.15) is 0 Å². The van der Waals surface area contributed by atoms with Crippen molar-refractivity contribution in [2.75, 3.05) is 0 Å². The van der Waals surface area contributed by atoms with Crippen LogP contribution in [-0.4, -0.2) is 0 Å². The van der Waals surface area contributed by atoms with Crippen molar-refractivity contribution in [2.45, 2.75) is 0 Å². The summed E-state index contributed by atoms with van der Waals surface area (Å²) in [5.74, 6) is 0. The van der Waals surface area contributed by atoms with Gasteiger partial charge in [-0.1, -0.05) is 0 Å². The minimum atomic E-state index is 0. The molecule has 0 aliphatic carbocycles. The van der Waals surface area contributed by atoms with E-state index in [1.807, 2.05) is 0 Å². The minimum Gasteiger partial charge on any atom is -2.00 e. The normalized spacial score (nSPS) is 0. The molecule has 0 atom stereocenters. The van der Waals surface area contributed by atoms with Gasteiger partial charge in [0.1, 0.15) is 0 Å². The fourth-order valence-electron chi connectivity index (χ4n) is 0. The van der Waals surface area contributed by atoms with Crippen LogP contribution in [0.15, 0.2) is 0 Å². The summed E-state index contributed by atoms with van der Waals surface area (Å²) in [5, 5.41) is 0. The van der Waals surface area contributed by atoms with Crippen LogP contribution in [0.25, 0.3) is 0 Å². The summed E-state index contributed by atoms with van der Waals surface area (Å²) in [5.41, 5.74) is 0. The second-order valence-corrected chi connectivity index (χ2v) is 0. The second-order valence-electron chi connectivity index (χ2n) is 0. The molecule has 1 nitrogen and oxygen atoms in total. The molecule has 32 valence electrons. The van der Waals surface area contributed by atoms with Gasteiger partial charge in [-0.15, -0.1) is 0 Å². The molecule has 0 heterocycles. The quantitative estimate of drug-likeness (QED) is 0.448. The molecule has 0 aliphatic heterocycles. The van der Waals surface area contributed by atoms with Gasteiger partial charge < -0.3 is 19.0 Å². The first-order valence-electron chi connectivity index (χ1n) is 0. The van der Waals surface area contributed by atoms with Crippen molar-refractivity contribution in [1.82, 2.24) is 0 Å². The van der Waals surface area contributed by atoms with Crippen LogP contribution in [-0.2, 0) is 52.0 Å². The Kier molecular flexibility index (Phi) is 404. The predicted molar refractivity (Wildman–Crippen MR) is 8.05 cm³/mol. The molecule has 0 unspecified atom stereocenters. The Morgan fingerprint density at radius 2 is 0.750 bits per heavy atom. The molecular weight excluding hydrogens is 165 g/mol. The van der Waals surface area contributed by atoms with E-state index in [1.165, 1.54) is 0 Å². The molecule has 0 bridgehead atoms. The third-order valence-corrected chi connectivity index (χ3v) is 0. The summed E-state index contributed by atoms with van der Waals surface area (Å²) < 4.78 is 0. The maximum absolute atomic E-state index is 0. The first-order valence-corrected chi connectivity index (χ1v) is 0. The van der Waals surface area contributed by atoms with Crippen LogP contribution in [0.4, 0.5) is 0 Å². The van der Waals surface area contributed by atoms with Gasteiger partial charge in [-0.3, -0.25) is 0 Å². The Bertz CT molecular complexity index is 6.00. The molecule has 0 aromatic heterocycles. The summed E-state index contributed by atoms with van der Waals surface area (Å²) >= 11 is 0. The van der Waals surface area contributed by atoms with Crippen LogP contribution in [0.3, 0.4) is 0 Å². The number of hydrogen-bond donors (Lipinski definition) is 0. The van der Waals surface area contributed by atoms with Gasteiger partial charge in [-0.2, -0.15) is 0 Å². The third-order valence-electron chi connectivity index (χ3n) is 0. The van der Waals surface area contributed by atoms with Gasteiger partial charge in [0, 0.05) is 0 Å². The Hall–Kier alpha value is 1.30. The summed E-state index contributed by atoms with van der Waals surface area (Å²) in [6.07, 6.45) is 0. The van der Waals surface area contributed by atoms with Crippen molar-refractivity contribution in [3.05, 3.63) is 0 Å². The van der Waals surface area contributed by atoms with Gasteiger partial charge in [0.25, 0.3) is 0 Å². The summed E-state index contributed by atoms with van der Waals surface area (Å²) in [6, 6.07) is 0.